The number of rotatable bonds is 6. The number of hydrogen-bond acceptors (Lipinski definition) is 8. The van der Waals surface area contributed by atoms with Gasteiger partial charge in [-0.1, -0.05) is 16.8 Å². The molecule has 3 rings (SSSR count). The van der Waals surface area contributed by atoms with Crippen LogP contribution in [0.5, 0.6) is 11.5 Å². The van der Waals surface area contributed by atoms with E-state index in [0.29, 0.717) is 39.6 Å². The van der Waals surface area contributed by atoms with Crippen LogP contribution in [0.4, 0.5) is 17.3 Å². The monoisotopic (exact) mass is 389 g/mol. The highest BCUT2D eigenvalue weighted by Crippen LogP contribution is 2.37. The summed E-state index contributed by atoms with van der Waals surface area (Å²) in [5.74, 6) is 1.77. The number of benzene rings is 1. The normalized spacial score (nSPS) is 10.4. The Balaban J connectivity index is 1.82. The van der Waals surface area contributed by atoms with Crippen LogP contribution in [-0.4, -0.2) is 35.3 Å². The van der Waals surface area contributed by atoms with E-state index in [1.54, 1.807) is 25.1 Å². The number of methoxy groups -OCH3 is 2. The van der Waals surface area contributed by atoms with Crippen LogP contribution in [0.15, 0.2) is 35.1 Å². The van der Waals surface area contributed by atoms with Gasteiger partial charge in [-0.25, -0.2) is 9.97 Å². The van der Waals surface area contributed by atoms with Crippen molar-refractivity contribution in [2.75, 3.05) is 24.9 Å². The van der Waals surface area contributed by atoms with Crippen molar-refractivity contribution in [1.82, 2.24) is 15.1 Å². The third-order valence-electron chi connectivity index (χ3n) is 3.51. The van der Waals surface area contributed by atoms with Gasteiger partial charge in [0, 0.05) is 24.3 Å². The Labute approximate surface area is 159 Å². The van der Waals surface area contributed by atoms with Crippen molar-refractivity contribution in [2.45, 2.75) is 6.92 Å². The summed E-state index contributed by atoms with van der Waals surface area (Å²) in [7, 11) is 3.03. The fourth-order valence-electron chi connectivity index (χ4n) is 2.25. The van der Waals surface area contributed by atoms with E-state index in [9.17, 15) is 4.79 Å². The Kier molecular flexibility index (Phi) is 5.41. The average molecular weight is 390 g/mol. The van der Waals surface area contributed by atoms with Crippen LogP contribution >= 0.6 is 11.6 Å². The van der Waals surface area contributed by atoms with Crippen LogP contribution in [0, 0.1) is 6.92 Å². The summed E-state index contributed by atoms with van der Waals surface area (Å²) >= 11 is 6.10. The predicted molar refractivity (Wildman–Crippen MR) is 99.1 cm³/mol. The lowest BCUT2D eigenvalue weighted by atomic mass is 10.2. The zero-order chi connectivity index (χ0) is 19.4. The first-order valence-corrected chi connectivity index (χ1v) is 8.13. The number of nitrogens with one attached hydrogen (secondary N) is 2. The van der Waals surface area contributed by atoms with Gasteiger partial charge in [0.25, 0.3) is 5.91 Å². The van der Waals surface area contributed by atoms with Gasteiger partial charge in [0.05, 0.1) is 24.9 Å². The van der Waals surface area contributed by atoms with Crippen molar-refractivity contribution in [3.63, 3.8) is 0 Å². The maximum absolute atomic E-state index is 12.3. The number of halogens is 1. The van der Waals surface area contributed by atoms with Gasteiger partial charge in [0.1, 0.15) is 35.1 Å². The fraction of sp³-hybridized carbons (Fsp3) is 0.176. The van der Waals surface area contributed by atoms with Gasteiger partial charge in [0.2, 0.25) is 0 Å². The first-order chi connectivity index (χ1) is 13.0. The van der Waals surface area contributed by atoms with Crippen LogP contribution in [-0.2, 0) is 0 Å². The topological polar surface area (TPSA) is 111 Å². The minimum absolute atomic E-state index is 0.146. The zero-order valence-corrected chi connectivity index (χ0v) is 15.5. The number of anilines is 3. The van der Waals surface area contributed by atoms with Gasteiger partial charge < -0.3 is 24.6 Å². The predicted octanol–water partition coefficient (Wildman–Crippen LogP) is 3.44. The summed E-state index contributed by atoms with van der Waals surface area (Å²) in [5.41, 5.74) is 0.712. The molecule has 27 heavy (non-hydrogen) atoms. The summed E-state index contributed by atoms with van der Waals surface area (Å²) < 4.78 is 15.4. The lowest BCUT2D eigenvalue weighted by Gasteiger charge is -2.13. The molecule has 140 valence electrons. The molecular formula is C17H16ClN5O4. The van der Waals surface area contributed by atoms with Gasteiger partial charge in [-0.2, -0.15) is 0 Å². The molecule has 0 aliphatic heterocycles. The summed E-state index contributed by atoms with van der Waals surface area (Å²) in [6, 6.07) is 6.37. The first kappa shape index (κ1) is 18.5. The molecule has 0 spiro atoms. The van der Waals surface area contributed by atoms with E-state index in [2.05, 4.69) is 25.8 Å². The third kappa shape index (κ3) is 4.26. The molecule has 2 aromatic heterocycles. The lowest BCUT2D eigenvalue weighted by Crippen LogP contribution is -2.14. The second-order valence-electron chi connectivity index (χ2n) is 5.38. The van der Waals surface area contributed by atoms with Crippen LogP contribution in [0.2, 0.25) is 5.02 Å². The summed E-state index contributed by atoms with van der Waals surface area (Å²) in [6.45, 7) is 1.73. The standard InChI is InChI=1S/C17H16ClN5O4/c1-9-4-16(23-27-9)22-17(24)12-7-15(20-8-19-12)21-11-6-13(25-2)10(18)5-14(11)26-3/h4-8H,1-3H3,(H,19,20,21)(H,22,23,24). The summed E-state index contributed by atoms with van der Waals surface area (Å²) in [6.07, 6.45) is 1.27. The molecule has 10 heteroatoms. The van der Waals surface area contributed by atoms with E-state index >= 15 is 0 Å². The number of nitrogens with zero attached hydrogens (tertiary/aromatic N) is 3. The van der Waals surface area contributed by atoms with E-state index in [1.165, 1.54) is 26.6 Å². The Morgan fingerprint density at radius 2 is 1.85 bits per heavy atom. The minimum atomic E-state index is -0.450. The molecule has 0 aliphatic carbocycles. The molecule has 2 heterocycles. The zero-order valence-electron chi connectivity index (χ0n) is 14.7. The van der Waals surface area contributed by atoms with E-state index < -0.39 is 5.91 Å². The second kappa shape index (κ2) is 7.92. The van der Waals surface area contributed by atoms with Gasteiger partial charge >= 0.3 is 0 Å². The molecule has 0 unspecified atom stereocenters. The molecule has 2 N–H and O–H groups in total. The van der Waals surface area contributed by atoms with Gasteiger partial charge in [-0.3, -0.25) is 4.79 Å². The molecule has 0 fully saturated rings. The number of aromatic nitrogens is 3. The first-order valence-electron chi connectivity index (χ1n) is 7.75. The molecule has 0 saturated carbocycles. The van der Waals surface area contributed by atoms with Crippen LogP contribution < -0.4 is 20.1 Å². The van der Waals surface area contributed by atoms with Gasteiger partial charge in [-0.15, -0.1) is 0 Å². The highest BCUT2D eigenvalue weighted by atomic mass is 35.5. The SMILES string of the molecule is COc1cc(Nc2cc(C(=O)Nc3cc(C)on3)ncn2)c(OC)cc1Cl. The molecule has 1 aromatic carbocycles. The summed E-state index contributed by atoms with van der Waals surface area (Å²) in [4.78, 5) is 20.4. The molecular weight excluding hydrogens is 374 g/mol. The number of hydrogen-bond donors (Lipinski definition) is 2. The molecule has 1 amide bonds. The van der Waals surface area contributed by atoms with E-state index in [-0.39, 0.29) is 5.69 Å². The highest BCUT2D eigenvalue weighted by Gasteiger charge is 2.14. The van der Waals surface area contributed by atoms with Crippen molar-refractivity contribution >= 4 is 34.8 Å². The largest absolute Gasteiger partial charge is 0.495 e. The average Bonchev–Trinajstić information content (AvgIpc) is 3.07. The molecule has 0 saturated heterocycles. The Bertz CT molecular complexity index is 976. The van der Waals surface area contributed by atoms with Gasteiger partial charge in [0.15, 0.2) is 5.82 Å². The maximum atomic E-state index is 12.3. The molecule has 0 atom stereocenters. The molecule has 0 radical (unpaired) electrons. The van der Waals surface area contributed by atoms with Crippen molar-refractivity contribution in [3.8, 4) is 11.5 Å². The number of carbonyl (C=O) groups is 1. The van der Waals surface area contributed by atoms with Crippen molar-refractivity contribution < 1.29 is 18.8 Å². The smallest absolute Gasteiger partial charge is 0.275 e. The number of amides is 1. The van der Waals surface area contributed by atoms with Crippen LogP contribution in [0.3, 0.4) is 0 Å². The minimum Gasteiger partial charge on any atom is -0.495 e. The molecule has 0 bridgehead atoms. The van der Waals surface area contributed by atoms with E-state index in [0.717, 1.165) is 0 Å². The molecule has 3 aromatic rings. The van der Waals surface area contributed by atoms with E-state index in [1.807, 2.05) is 0 Å². The second-order valence-corrected chi connectivity index (χ2v) is 5.78. The Hall–Kier alpha value is -3.33. The quantitative estimate of drug-likeness (QED) is 0.659. The lowest BCUT2D eigenvalue weighted by molar-refractivity contribution is 0.102. The van der Waals surface area contributed by atoms with Crippen molar-refractivity contribution in [3.05, 3.63) is 47.1 Å². The highest BCUT2D eigenvalue weighted by molar-refractivity contribution is 6.32. The maximum Gasteiger partial charge on any atom is 0.275 e. The fourth-order valence-corrected chi connectivity index (χ4v) is 2.48. The third-order valence-corrected chi connectivity index (χ3v) is 3.80. The van der Waals surface area contributed by atoms with Crippen molar-refractivity contribution in [2.24, 2.45) is 0 Å². The van der Waals surface area contributed by atoms with Gasteiger partial charge in [-0.05, 0) is 6.92 Å². The number of carbonyl (C=O) groups excluding carboxylic acids is 1. The summed E-state index contributed by atoms with van der Waals surface area (Å²) in [5, 5.41) is 9.77. The van der Waals surface area contributed by atoms with Crippen molar-refractivity contribution in [1.29, 1.82) is 0 Å². The van der Waals surface area contributed by atoms with Crippen LogP contribution in [0.25, 0.3) is 0 Å². The van der Waals surface area contributed by atoms with Crippen LogP contribution in [0.1, 0.15) is 16.2 Å². The molecule has 9 nitrogen and oxygen atoms in total. The Morgan fingerprint density at radius 1 is 1.07 bits per heavy atom. The number of aryl methyl sites for hydroxylation is 1. The van der Waals surface area contributed by atoms with E-state index in [4.69, 9.17) is 25.6 Å². The Morgan fingerprint density at radius 3 is 2.52 bits per heavy atom. The number of ether oxygens (including phenoxy) is 2. The molecule has 0 aliphatic rings.